The first kappa shape index (κ1) is 28.8. The Morgan fingerprint density at radius 3 is 2.57 bits per heavy atom. The number of nitrogens with zero attached hydrogens (tertiary/aromatic N) is 1. The number of benzene rings is 1. The van der Waals surface area contributed by atoms with Gasteiger partial charge in [0.05, 0.1) is 6.54 Å². The fourth-order valence-corrected chi connectivity index (χ4v) is 4.70. The van der Waals surface area contributed by atoms with Crippen molar-refractivity contribution in [2.24, 2.45) is 11.8 Å². The van der Waals surface area contributed by atoms with Crippen LogP contribution in [0.2, 0.25) is 0 Å². The Hall–Kier alpha value is -2.73. The van der Waals surface area contributed by atoms with Crippen molar-refractivity contribution in [2.45, 2.75) is 77.4 Å². The summed E-state index contributed by atoms with van der Waals surface area (Å²) in [5.74, 6) is 3.01. The van der Waals surface area contributed by atoms with Crippen LogP contribution in [0.15, 0.2) is 18.2 Å². The molecule has 2 N–H and O–H groups in total. The van der Waals surface area contributed by atoms with Gasteiger partial charge >= 0.3 is 6.09 Å². The molecule has 204 valence electrons. The van der Waals surface area contributed by atoms with Crippen LogP contribution in [0.4, 0.5) is 18.0 Å². The average molecular weight is 522 g/mol. The standard InChI is InChI=1S/C28H38F3N3O3/c1-19(21-10-13-32-14-11-21)6-5-7-20-8-9-22(23(29)16-20)17-24(33-26(36)37-27(2,3)4)25(35)34-15-12-28(30,31)18-34/h8-9,16,19,21,24,32H,6,10-15,17-18H2,1-4H3,(H,33,36)/t19-,24+/m1/s1. The van der Waals surface area contributed by atoms with Crippen molar-refractivity contribution in [3.63, 3.8) is 0 Å². The number of ether oxygens (including phenoxy) is 1. The fraction of sp³-hybridized carbons (Fsp3) is 0.643. The van der Waals surface area contributed by atoms with Gasteiger partial charge in [-0.2, -0.15) is 0 Å². The summed E-state index contributed by atoms with van der Waals surface area (Å²) in [6.07, 6.45) is 1.48. The van der Waals surface area contributed by atoms with E-state index >= 15 is 0 Å². The maximum absolute atomic E-state index is 15.0. The molecule has 6 nitrogen and oxygen atoms in total. The quantitative estimate of drug-likeness (QED) is 0.541. The first-order valence-corrected chi connectivity index (χ1v) is 13.0. The van der Waals surface area contributed by atoms with Gasteiger partial charge in [0.25, 0.3) is 5.92 Å². The molecule has 9 heteroatoms. The normalized spacial score (nSPS) is 19.5. The maximum atomic E-state index is 15.0. The number of carbonyl (C=O) groups is 2. The van der Waals surface area contributed by atoms with Crippen LogP contribution in [0, 0.1) is 29.5 Å². The van der Waals surface area contributed by atoms with E-state index in [-0.39, 0.29) is 18.5 Å². The SMILES string of the molecule is C[C@H](CC#Cc1ccc(C[C@H](NC(=O)OC(C)(C)C)C(=O)N2CCC(F)(F)C2)c(F)c1)C1CCNCC1. The highest BCUT2D eigenvalue weighted by molar-refractivity contribution is 5.86. The molecule has 2 aliphatic rings. The Morgan fingerprint density at radius 1 is 1.27 bits per heavy atom. The van der Waals surface area contributed by atoms with Crippen LogP contribution in [-0.4, -0.2) is 60.6 Å². The summed E-state index contributed by atoms with van der Waals surface area (Å²) in [6.45, 7) is 8.38. The topological polar surface area (TPSA) is 70.7 Å². The van der Waals surface area contributed by atoms with Crippen molar-refractivity contribution in [1.29, 1.82) is 0 Å². The largest absolute Gasteiger partial charge is 0.444 e. The lowest BCUT2D eigenvalue weighted by Gasteiger charge is -2.27. The van der Waals surface area contributed by atoms with Crippen molar-refractivity contribution in [3.05, 3.63) is 35.1 Å². The van der Waals surface area contributed by atoms with E-state index in [1.807, 2.05) is 0 Å². The molecule has 37 heavy (non-hydrogen) atoms. The number of carbonyl (C=O) groups excluding carboxylic acids is 2. The third kappa shape index (κ3) is 8.96. The molecule has 0 aromatic heterocycles. The van der Waals surface area contributed by atoms with Crippen LogP contribution in [0.5, 0.6) is 0 Å². The summed E-state index contributed by atoms with van der Waals surface area (Å²) < 4.78 is 47.7. The summed E-state index contributed by atoms with van der Waals surface area (Å²) in [4.78, 5) is 26.4. The van der Waals surface area contributed by atoms with E-state index in [1.165, 1.54) is 12.1 Å². The molecule has 0 spiro atoms. The van der Waals surface area contributed by atoms with Gasteiger partial charge in [-0.1, -0.05) is 24.8 Å². The number of hydrogen-bond acceptors (Lipinski definition) is 4. The van der Waals surface area contributed by atoms with Crippen LogP contribution in [0.3, 0.4) is 0 Å². The molecule has 0 saturated carbocycles. The minimum atomic E-state index is -2.98. The zero-order chi connectivity index (χ0) is 27.2. The predicted octanol–water partition coefficient (Wildman–Crippen LogP) is 4.51. The number of likely N-dealkylation sites (tertiary alicyclic amines) is 1. The van der Waals surface area contributed by atoms with Gasteiger partial charge in [-0.3, -0.25) is 4.79 Å². The molecule has 0 bridgehead atoms. The minimum Gasteiger partial charge on any atom is -0.444 e. The predicted molar refractivity (Wildman–Crippen MR) is 136 cm³/mol. The Bertz CT molecular complexity index is 1020. The number of rotatable bonds is 6. The third-order valence-corrected chi connectivity index (χ3v) is 6.79. The summed E-state index contributed by atoms with van der Waals surface area (Å²) >= 11 is 0. The van der Waals surface area contributed by atoms with Crippen LogP contribution in [-0.2, 0) is 16.0 Å². The highest BCUT2D eigenvalue weighted by Gasteiger charge is 2.42. The summed E-state index contributed by atoms with van der Waals surface area (Å²) in [5.41, 5.74) is -0.134. The summed E-state index contributed by atoms with van der Waals surface area (Å²) in [6, 6.07) is 3.24. The molecule has 2 amide bonds. The van der Waals surface area contributed by atoms with E-state index in [4.69, 9.17) is 4.74 Å². The highest BCUT2D eigenvalue weighted by Crippen LogP contribution is 2.28. The molecule has 0 radical (unpaired) electrons. The number of amides is 2. The molecular formula is C28H38F3N3O3. The molecule has 1 aromatic rings. The third-order valence-electron chi connectivity index (χ3n) is 6.79. The molecule has 2 heterocycles. The molecule has 2 saturated heterocycles. The Kier molecular flexibility index (Phi) is 9.51. The zero-order valence-corrected chi connectivity index (χ0v) is 22.1. The minimum absolute atomic E-state index is 0.134. The fourth-order valence-electron chi connectivity index (χ4n) is 4.70. The van der Waals surface area contributed by atoms with Gasteiger partial charge in [0.2, 0.25) is 5.91 Å². The van der Waals surface area contributed by atoms with Gasteiger partial charge in [0, 0.05) is 31.4 Å². The number of alkyl carbamates (subject to hydrolysis) is 1. The number of halogens is 3. The van der Waals surface area contributed by atoms with Gasteiger partial charge in [-0.25, -0.2) is 18.0 Å². The van der Waals surface area contributed by atoms with Gasteiger partial charge in [0.15, 0.2) is 0 Å². The lowest BCUT2D eigenvalue weighted by molar-refractivity contribution is -0.133. The molecule has 1 aromatic carbocycles. The van der Waals surface area contributed by atoms with Gasteiger partial charge < -0.3 is 20.3 Å². The molecule has 2 aliphatic heterocycles. The lowest BCUT2D eigenvalue weighted by atomic mass is 9.84. The van der Waals surface area contributed by atoms with E-state index in [0.29, 0.717) is 17.4 Å². The van der Waals surface area contributed by atoms with E-state index in [2.05, 4.69) is 29.4 Å². The first-order chi connectivity index (χ1) is 17.3. The van der Waals surface area contributed by atoms with E-state index in [1.54, 1.807) is 26.8 Å². The molecule has 0 unspecified atom stereocenters. The second-order valence-corrected chi connectivity index (χ2v) is 11.1. The lowest BCUT2D eigenvalue weighted by Crippen LogP contribution is -2.50. The highest BCUT2D eigenvalue weighted by atomic mass is 19.3. The van der Waals surface area contributed by atoms with Crippen molar-refractivity contribution in [1.82, 2.24) is 15.5 Å². The van der Waals surface area contributed by atoms with Crippen LogP contribution in [0.1, 0.15) is 64.5 Å². The molecule has 2 atom stereocenters. The van der Waals surface area contributed by atoms with Crippen molar-refractivity contribution in [2.75, 3.05) is 26.2 Å². The van der Waals surface area contributed by atoms with Gasteiger partial charge in [-0.05, 0) is 76.2 Å². The smallest absolute Gasteiger partial charge is 0.408 e. The van der Waals surface area contributed by atoms with E-state index < -0.39 is 48.3 Å². The average Bonchev–Trinajstić information content (AvgIpc) is 3.18. The monoisotopic (exact) mass is 521 g/mol. The number of piperidine rings is 1. The van der Waals surface area contributed by atoms with Crippen LogP contribution in [0.25, 0.3) is 0 Å². The van der Waals surface area contributed by atoms with Crippen LogP contribution < -0.4 is 10.6 Å². The van der Waals surface area contributed by atoms with Crippen LogP contribution >= 0.6 is 0 Å². The number of alkyl halides is 2. The van der Waals surface area contributed by atoms with E-state index in [9.17, 15) is 22.8 Å². The number of hydrogen-bond donors (Lipinski definition) is 2. The molecule has 2 fully saturated rings. The number of nitrogens with one attached hydrogen (secondary N) is 2. The van der Waals surface area contributed by atoms with Gasteiger partial charge in [0.1, 0.15) is 17.5 Å². The molecular weight excluding hydrogens is 483 g/mol. The van der Waals surface area contributed by atoms with Gasteiger partial charge in [-0.15, -0.1) is 0 Å². The maximum Gasteiger partial charge on any atom is 0.408 e. The molecule has 3 rings (SSSR count). The molecule has 0 aliphatic carbocycles. The summed E-state index contributed by atoms with van der Waals surface area (Å²) in [5, 5.41) is 5.81. The first-order valence-electron chi connectivity index (χ1n) is 13.0. The van der Waals surface area contributed by atoms with Crippen molar-refractivity contribution >= 4 is 12.0 Å². The Balaban J connectivity index is 1.69. The van der Waals surface area contributed by atoms with Crippen molar-refractivity contribution in [3.8, 4) is 11.8 Å². The van der Waals surface area contributed by atoms with E-state index in [0.717, 1.165) is 37.3 Å². The second-order valence-electron chi connectivity index (χ2n) is 11.1. The Labute approximate surface area is 217 Å². The zero-order valence-electron chi connectivity index (χ0n) is 22.1. The second kappa shape index (κ2) is 12.2. The van der Waals surface area contributed by atoms with Crippen molar-refractivity contribution < 1.29 is 27.5 Å². The summed E-state index contributed by atoms with van der Waals surface area (Å²) in [7, 11) is 0. The Morgan fingerprint density at radius 2 is 1.97 bits per heavy atom.